The summed E-state index contributed by atoms with van der Waals surface area (Å²) >= 11 is 0. The Morgan fingerprint density at radius 2 is 1.77 bits per heavy atom. The third kappa shape index (κ3) is 3.17. The Bertz CT molecular complexity index is 1890. The fourth-order valence-electron chi connectivity index (χ4n) is 6.05. The first-order valence-electron chi connectivity index (χ1n) is 15.3. The van der Waals surface area contributed by atoms with Gasteiger partial charge in [0.2, 0.25) is 11.4 Å². The Kier molecular flexibility index (Phi) is 3.37. The van der Waals surface area contributed by atoms with E-state index >= 15 is 0 Å². The number of rotatable bonds is 1. The van der Waals surface area contributed by atoms with Gasteiger partial charge in [0, 0.05) is 36.0 Å². The number of aryl methyl sites for hydroxylation is 4. The predicted molar refractivity (Wildman–Crippen MR) is 145 cm³/mol. The number of furan rings is 1. The average Bonchev–Trinajstić information content (AvgIpc) is 3.21. The van der Waals surface area contributed by atoms with Gasteiger partial charge < -0.3 is 4.42 Å². The van der Waals surface area contributed by atoms with Crippen molar-refractivity contribution in [1.29, 1.82) is 0 Å². The summed E-state index contributed by atoms with van der Waals surface area (Å²) in [5, 5.41) is 2.14. The van der Waals surface area contributed by atoms with E-state index in [-0.39, 0.29) is 22.0 Å². The standard InChI is InChI=1S/C32H35N2O/c1-18-9-12-24(34(8)17-18)26-20(3)15-19(2)25-22-16-21-10-11-23-27(28(21)33-30(22)35-29(25)26)32(6,7)14-13-31(23,4)5/h9-12,15-17H,13-14H2,1-8H3/q+1/i1D3,2D3. The van der Waals surface area contributed by atoms with Crippen molar-refractivity contribution in [1.82, 2.24) is 4.98 Å². The molecule has 0 saturated carbocycles. The maximum atomic E-state index is 8.37. The lowest BCUT2D eigenvalue weighted by Crippen LogP contribution is -2.34. The van der Waals surface area contributed by atoms with Crippen LogP contribution in [0.2, 0.25) is 0 Å². The van der Waals surface area contributed by atoms with Crippen molar-refractivity contribution in [2.24, 2.45) is 7.05 Å². The molecule has 2 aromatic carbocycles. The Labute approximate surface area is 216 Å². The second-order valence-corrected chi connectivity index (χ2v) is 11.5. The minimum Gasteiger partial charge on any atom is -0.437 e. The Morgan fingerprint density at radius 1 is 0.971 bits per heavy atom. The Morgan fingerprint density at radius 3 is 2.51 bits per heavy atom. The van der Waals surface area contributed by atoms with E-state index in [4.69, 9.17) is 17.6 Å². The zero-order valence-corrected chi connectivity index (χ0v) is 21.3. The number of hydrogen-bond donors (Lipinski definition) is 0. The zero-order chi connectivity index (χ0) is 29.9. The molecule has 0 amide bonds. The molecule has 0 N–H and O–H groups in total. The maximum Gasteiger partial charge on any atom is 0.227 e. The van der Waals surface area contributed by atoms with Crippen LogP contribution in [0.15, 0.2) is 47.0 Å². The van der Waals surface area contributed by atoms with Gasteiger partial charge in [-0.25, -0.2) is 9.55 Å². The topological polar surface area (TPSA) is 29.9 Å². The molecule has 1 aliphatic carbocycles. The third-order valence-electron chi connectivity index (χ3n) is 8.07. The lowest BCUT2D eigenvalue weighted by Gasteiger charge is -2.42. The van der Waals surface area contributed by atoms with Crippen molar-refractivity contribution in [3.63, 3.8) is 0 Å². The van der Waals surface area contributed by atoms with Gasteiger partial charge >= 0.3 is 0 Å². The van der Waals surface area contributed by atoms with E-state index in [1.165, 1.54) is 11.1 Å². The van der Waals surface area contributed by atoms with Crippen molar-refractivity contribution in [3.8, 4) is 11.3 Å². The van der Waals surface area contributed by atoms with Crippen molar-refractivity contribution in [2.75, 3.05) is 0 Å². The van der Waals surface area contributed by atoms with Crippen molar-refractivity contribution in [3.05, 3.63) is 70.4 Å². The van der Waals surface area contributed by atoms with Gasteiger partial charge in [-0.15, -0.1) is 0 Å². The number of aromatic nitrogens is 2. The molecule has 0 fully saturated rings. The molecule has 6 rings (SSSR count). The number of fused-ring (bicyclic) bond motifs is 6. The lowest BCUT2D eigenvalue weighted by molar-refractivity contribution is -0.660. The highest BCUT2D eigenvalue weighted by Crippen LogP contribution is 2.49. The molecule has 0 radical (unpaired) electrons. The van der Waals surface area contributed by atoms with Gasteiger partial charge in [-0.05, 0) is 78.7 Å². The van der Waals surface area contributed by atoms with Gasteiger partial charge in [-0.2, -0.15) is 0 Å². The van der Waals surface area contributed by atoms with Crippen LogP contribution >= 0.6 is 0 Å². The lowest BCUT2D eigenvalue weighted by atomic mass is 9.62. The molecule has 0 spiro atoms. The van der Waals surface area contributed by atoms with Crippen LogP contribution in [0.3, 0.4) is 0 Å². The first-order chi connectivity index (χ1) is 18.9. The minimum absolute atomic E-state index is 0.0257. The first kappa shape index (κ1) is 16.5. The molecule has 0 atom stereocenters. The fraction of sp³-hybridized carbons (Fsp3) is 0.375. The second kappa shape index (κ2) is 7.16. The summed E-state index contributed by atoms with van der Waals surface area (Å²) in [5.41, 5.74) is 6.84. The molecular weight excluding hydrogens is 428 g/mol. The van der Waals surface area contributed by atoms with Crippen molar-refractivity contribution in [2.45, 2.75) is 72.0 Å². The van der Waals surface area contributed by atoms with Gasteiger partial charge in [-0.1, -0.05) is 45.9 Å². The summed E-state index contributed by atoms with van der Waals surface area (Å²) in [7, 11) is 1.79. The highest BCUT2D eigenvalue weighted by Gasteiger charge is 2.39. The van der Waals surface area contributed by atoms with E-state index in [1.807, 2.05) is 13.0 Å². The molecule has 0 unspecified atom stereocenters. The van der Waals surface area contributed by atoms with E-state index < -0.39 is 13.7 Å². The molecule has 3 heterocycles. The van der Waals surface area contributed by atoms with E-state index in [0.29, 0.717) is 22.1 Å². The first-order valence-corrected chi connectivity index (χ1v) is 12.3. The quantitative estimate of drug-likeness (QED) is 0.234. The fourth-order valence-corrected chi connectivity index (χ4v) is 6.05. The summed E-state index contributed by atoms with van der Waals surface area (Å²) in [4.78, 5) is 5.11. The third-order valence-corrected chi connectivity index (χ3v) is 8.07. The van der Waals surface area contributed by atoms with Crippen LogP contribution in [-0.2, 0) is 17.9 Å². The monoisotopic (exact) mass is 469 g/mol. The molecule has 0 bridgehead atoms. The largest absolute Gasteiger partial charge is 0.437 e. The van der Waals surface area contributed by atoms with E-state index in [9.17, 15) is 0 Å². The van der Waals surface area contributed by atoms with E-state index in [0.717, 1.165) is 40.6 Å². The van der Waals surface area contributed by atoms with Crippen LogP contribution in [0.1, 0.15) is 76.6 Å². The maximum absolute atomic E-state index is 8.37. The number of nitrogens with zero attached hydrogens (tertiary/aromatic N) is 2. The molecule has 3 nitrogen and oxygen atoms in total. The van der Waals surface area contributed by atoms with Gasteiger partial charge in [0.05, 0.1) is 11.1 Å². The molecule has 0 saturated heterocycles. The summed E-state index contributed by atoms with van der Waals surface area (Å²) in [5.74, 6) is 0. The minimum atomic E-state index is -2.37. The molecule has 1 aliphatic rings. The molecule has 3 heteroatoms. The molecule has 5 aromatic rings. The highest BCUT2D eigenvalue weighted by atomic mass is 16.3. The van der Waals surface area contributed by atoms with Crippen molar-refractivity contribution < 1.29 is 17.2 Å². The summed E-state index contributed by atoms with van der Waals surface area (Å²) < 4.78 is 56.8. The van der Waals surface area contributed by atoms with Gasteiger partial charge in [0.25, 0.3) is 0 Å². The van der Waals surface area contributed by atoms with E-state index in [1.54, 1.807) is 36.0 Å². The number of hydrogen-bond acceptors (Lipinski definition) is 2. The van der Waals surface area contributed by atoms with Gasteiger partial charge in [-0.3, -0.25) is 0 Å². The normalized spacial score (nSPS) is 20.1. The van der Waals surface area contributed by atoms with Crippen molar-refractivity contribution >= 4 is 33.0 Å². The smallest absolute Gasteiger partial charge is 0.227 e. The Balaban J connectivity index is 1.73. The van der Waals surface area contributed by atoms with Crippen LogP contribution in [0.25, 0.3) is 44.2 Å². The zero-order valence-electron chi connectivity index (χ0n) is 27.3. The predicted octanol–water partition coefficient (Wildman–Crippen LogP) is 7.90. The summed E-state index contributed by atoms with van der Waals surface area (Å²) in [6.07, 6.45) is 3.73. The molecule has 35 heavy (non-hydrogen) atoms. The Hall–Kier alpha value is -3.20. The highest BCUT2D eigenvalue weighted by molar-refractivity contribution is 6.13. The van der Waals surface area contributed by atoms with Crippen LogP contribution in [0, 0.1) is 20.6 Å². The molecule has 0 aliphatic heterocycles. The van der Waals surface area contributed by atoms with E-state index in [2.05, 4.69) is 39.8 Å². The summed E-state index contributed by atoms with van der Waals surface area (Å²) in [6.45, 7) is 6.34. The van der Waals surface area contributed by atoms with Crippen LogP contribution < -0.4 is 4.57 Å². The number of benzene rings is 2. The average molecular weight is 470 g/mol. The van der Waals surface area contributed by atoms with Crippen LogP contribution in [0.5, 0.6) is 0 Å². The van der Waals surface area contributed by atoms with Gasteiger partial charge in [0.1, 0.15) is 7.05 Å². The molecular formula is C32H35N2O+. The van der Waals surface area contributed by atoms with Crippen LogP contribution in [-0.4, -0.2) is 4.98 Å². The van der Waals surface area contributed by atoms with Crippen LogP contribution in [0.4, 0.5) is 0 Å². The SMILES string of the molecule is [2H]C([2H])([2H])c1ccc(-c2c(C)cc(C([2H])([2H])[2H])c3c2oc2nc4c5c(ccc4cc23)C(C)(C)CCC5(C)C)[n+](C)c1. The molecule has 178 valence electrons. The van der Waals surface area contributed by atoms with Gasteiger partial charge in [0.15, 0.2) is 11.8 Å². The molecule has 3 aromatic heterocycles. The second-order valence-electron chi connectivity index (χ2n) is 11.5. The number of pyridine rings is 2. The summed E-state index contributed by atoms with van der Waals surface area (Å²) in [6, 6.07) is 11.4.